The number of epoxide rings is 1. The van der Waals surface area contributed by atoms with Gasteiger partial charge in [0.15, 0.2) is 6.10 Å². The number of phosphoric acid groups is 1. The fourth-order valence-corrected chi connectivity index (χ4v) is 6.19. The Hall–Kier alpha value is -1.25. The molecule has 0 aliphatic carbocycles. The molecule has 3 unspecified atom stereocenters. The molecule has 4 atom stereocenters. The Balaban J connectivity index is 2.08. The van der Waals surface area contributed by atoms with Gasteiger partial charge in [-0.05, 0) is 44.4 Å². The minimum absolute atomic E-state index is 0.209. The van der Waals surface area contributed by atoms with Crippen LogP contribution in [0.25, 0.3) is 0 Å². The van der Waals surface area contributed by atoms with Crippen molar-refractivity contribution in [2.75, 3.05) is 13.2 Å². The average Bonchev–Trinajstić information content (AvgIpc) is 3.80. The molecule has 10 heteroatoms. The van der Waals surface area contributed by atoms with Crippen molar-refractivity contribution >= 4 is 19.8 Å². The van der Waals surface area contributed by atoms with Crippen LogP contribution in [0, 0.1) is 5.92 Å². The highest BCUT2D eigenvalue weighted by Gasteiger charge is 2.36. The molecular formula is C38H71O9P. The summed E-state index contributed by atoms with van der Waals surface area (Å²) >= 11 is 0. The third kappa shape index (κ3) is 28.6. The largest absolute Gasteiger partial charge is 0.469 e. The van der Waals surface area contributed by atoms with Crippen molar-refractivity contribution < 1.29 is 42.7 Å². The maximum absolute atomic E-state index is 12.4. The van der Waals surface area contributed by atoms with Gasteiger partial charge in [-0.15, -0.1) is 0 Å². The van der Waals surface area contributed by atoms with E-state index in [2.05, 4.69) is 37.4 Å². The Morgan fingerprint density at radius 3 is 1.92 bits per heavy atom. The first kappa shape index (κ1) is 44.8. The lowest BCUT2D eigenvalue weighted by atomic mass is 9.99. The topological polar surface area (TPSA) is 132 Å². The minimum Gasteiger partial charge on any atom is -0.462 e. The van der Waals surface area contributed by atoms with Crippen molar-refractivity contribution in [1.29, 1.82) is 0 Å². The smallest absolute Gasteiger partial charge is 0.462 e. The molecular weight excluding hydrogens is 631 g/mol. The molecule has 0 aromatic rings. The lowest BCUT2D eigenvalue weighted by molar-refractivity contribution is -0.161. The molecule has 1 saturated heterocycles. The van der Waals surface area contributed by atoms with Crippen molar-refractivity contribution in [3.63, 3.8) is 0 Å². The maximum atomic E-state index is 12.4. The van der Waals surface area contributed by atoms with Crippen LogP contribution in [0.15, 0.2) is 12.2 Å². The third-order valence-electron chi connectivity index (χ3n) is 9.25. The second-order valence-corrected chi connectivity index (χ2v) is 15.1. The number of ether oxygens (including phenoxy) is 3. The molecule has 9 nitrogen and oxygen atoms in total. The van der Waals surface area contributed by atoms with Crippen LogP contribution < -0.4 is 0 Å². The molecule has 282 valence electrons. The summed E-state index contributed by atoms with van der Waals surface area (Å²) in [6.07, 6.45) is 31.0. The fourth-order valence-electron chi connectivity index (χ4n) is 5.83. The van der Waals surface area contributed by atoms with Crippen molar-refractivity contribution in [3.8, 4) is 0 Å². The van der Waals surface area contributed by atoms with Crippen LogP contribution in [0.1, 0.15) is 181 Å². The number of allylic oxidation sites excluding steroid dienone is 1. The first-order valence-corrected chi connectivity index (χ1v) is 21.0. The molecule has 2 N–H and O–H groups in total. The molecule has 0 radical (unpaired) electrons. The first-order valence-electron chi connectivity index (χ1n) is 19.5. The number of esters is 2. The number of hydrogen-bond acceptors (Lipinski definition) is 7. The standard InChI is InChI=1S/C38H71O9P/c1-4-6-21-27-35-36(47-35)28-23-18-14-11-12-15-19-24-29-37(39)44-31-34(32-45-48(41,42)43)46-38(40)30-25-20-16-10-8-7-9-13-17-22-26-33(3)5-2/h18,23,33-36H,4-17,19-22,24-32H2,1-3H3,(H2,41,42,43)/b23-18-/t33?,34-,35?,36?/m1/s1. The van der Waals surface area contributed by atoms with Crippen molar-refractivity contribution in [2.24, 2.45) is 5.92 Å². The van der Waals surface area contributed by atoms with Crippen molar-refractivity contribution in [2.45, 2.75) is 200 Å². The zero-order chi connectivity index (χ0) is 35.3. The molecule has 0 spiro atoms. The molecule has 1 fully saturated rings. The van der Waals surface area contributed by atoms with Gasteiger partial charge >= 0.3 is 19.8 Å². The van der Waals surface area contributed by atoms with Gasteiger partial charge in [0.2, 0.25) is 0 Å². The van der Waals surface area contributed by atoms with Gasteiger partial charge in [0, 0.05) is 12.8 Å². The van der Waals surface area contributed by atoms with Gasteiger partial charge in [-0.2, -0.15) is 0 Å². The third-order valence-corrected chi connectivity index (χ3v) is 9.73. The van der Waals surface area contributed by atoms with E-state index in [-0.39, 0.29) is 19.4 Å². The van der Waals surface area contributed by atoms with E-state index in [1.165, 1.54) is 77.0 Å². The summed E-state index contributed by atoms with van der Waals surface area (Å²) < 4.78 is 32.1. The highest BCUT2D eigenvalue weighted by molar-refractivity contribution is 7.46. The summed E-state index contributed by atoms with van der Waals surface area (Å²) in [6.45, 7) is 5.98. The highest BCUT2D eigenvalue weighted by Crippen LogP contribution is 2.36. The van der Waals surface area contributed by atoms with Crippen LogP contribution in [-0.2, 0) is 32.9 Å². The van der Waals surface area contributed by atoms with Crippen LogP contribution in [0.3, 0.4) is 0 Å². The van der Waals surface area contributed by atoms with Gasteiger partial charge < -0.3 is 24.0 Å². The van der Waals surface area contributed by atoms with Crippen molar-refractivity contribution in [1.82, 2.24) is 0 Å². The number of rotatable bonds is 34. The molecule has 48 heavy (non-hydrogen) atoms. The summed E-state index contributed by atoms with van der Waals surface area (Å²) in [5, 5.41) is 0. The number of hydrogen-bond donors (Lipinski definition) is 2. The molecule has 1 aliphatic rings. The number of carbonyl (C=O) groups excluding carboxylic acids is 2. The minimum atomic E-state index is -4.75. The zero-order valence-electron chi connectivity index (χ0n) is 30.8. The Morgan fingerprint density at radius 1 is 0.729 bits per heavy atom. The van der Waals surface area contributed by atoms with Crippen LogP contribution in [0.4, 0.5) is 0 Å². The Morgan fingerprint density at radius 2 is 1.31 bits per heavy atom. The lowest BCUT2D eigenvalue weighted by Gasteiger charge is -2.18. The number of unbranched alkanes of at least 4 members (excludes halogenated alkanes) is 16. The quantitative estimate of drug-likeness (QED) is 0.0221. The molecule has 0 amide bonds. The van der Waals surface area contributed by atoms with E-state index in [4.69, 9.17) is 24.0 Å². The number of phosphoric ester groups is 1. The number of carbonyl (C=O) groups is 2. The van der Waals surface area contributed by atoms with Crippen LogP contribution in [0.5, 0.6) is 0 Å². The molecule has 0 saturated carbocycles. The Labute approximate surface area is 292 Å². The normalized spacial score (nSPS) is 17.4. The Kier molecular flexibility index (Phi) is 27.5. The van der Waals surface area contributed by atoms with E-state index >= 15 is 0 Å². The second-order valence-electron chi connectivity index (χ2n) is 13.9. The Bertz CT molecular complexity index is 874. The van der Waals surface area contributed by atoms with Crippen LogP contribution in [0.2, 0.25) is 0 Å². The maximum Gasteiger partial charge on any atom is 0.469 e. The van der Waals surface area contributed by atoms with E-state index < -0.39 is 32.5 Å². The van der Waals surface area contributed by atoms with E-state index in [0.717, 1.165) is 63.7 Å². The summed E-state index contributed by atoms with van der Waals surface area (Å²) in [4.78, 5) is 42.7. The summed E-state index contributed by atoms with van der Waals surface area (Å²) in [5.41, 5.74) is 0. The summed E-state index contributed by atoms with van der Waals surface area (Å²) in [6, 6.07) is 0. The lowest BCUT2D eigenvalue weighted by Crippen LogP contribution is -2.29. The van der Waals surface area contributed by atoms with Crippen LogP contribution in [-0.4, -0.2) is 53.3 Å². The van der Waals surface area contributed by atoms with E-state index in [1.54, 1.807) is 0 Å². The van der Waals surface area contributed by atoms with Gasteiger partial charge in [-0.1, -0.05) is 142 Å². The van der Waals surface area contributed by atoms with E-state index in [9.17, 15) is 14.2 Å². The van der Waals surface area contributed by atoms with Gasteiger partial charge in [-0.3, -0.25) is 14.1 Å². The molecule has 1 aliphatic heterocycles. The fraction of sp³-hybridized carbons (Fsp3) is 0.895. The summed E-state index contributed by atoms with van der Waals surface area (Å²) in [7, 11) is -4.75. The summed E-state index contributed by atoms with van der Waals surface area (Å²) in [5.74, 6) is -0.0553. The van der Waals surface area contributed by atoms with Gasteiger partial charge in [0.05, 0.1) is 18.8 Å². The molecule has 1 rings (SSSR count). The van der Waals surface area contributed by atoms with Gasteiger partial charge in [0.1, 0.15) is 6.61 Å². The van der Waals surface area contributed by atoms with E-state index in [0.29, 0.717) is 25.0 Å². The van der Waals surface area contributed by atoms with Gasteiger partial charge in [-0.25, -0.2) is 4.57 Å². The average molecular weight is 703 g/mol. The van der Waals surface area contributed by atoms with Crippen molar-refractivity contribution in [3.05, 3.63) is 12.2 Å². The van der Waals surface area contributed by atoms with Crippen LogP contribution >= 0.6 is 7.82 Å². The van der Waals surface area contributed by atoms with E-state index in [1.807, 2.05) is 0 Å². The predicted octanol–water partition coefficient (Wildman–Crippen LogP) is 10.3. The predicted molar refractivity (Wildman–Crippen MR) is 193 cm³/mol. The first-order chi connectivity index (χ1) is 23.1. The highest BCUT2D eigenvalue weighted by atomic mass is 31.2. The molecule has 0 aromatic carbocycles. The molecule has 0 aromatic heterocycles. The van der Waals surface area contributed by atoms with Gasteiger partial charge in [0.25, 0.3) is 0 Å². The SMILES string of the molecule is CCCCCC1OC1C/C=C\CCCCCCCC(=O)OC[C@H](COP(=O)(O)O)OC(=O)CCCCCCCCCCCCC(C)CC. The molecule has 0 bridgehead atoms. The monoisotopic (exact) mass is 702 g/mol. The zero-order valence-corrected chi connectivity index (χ0v) is 31.6. The molecule has 1 heterocycles. The second kappa shape index (κ2) is 29.5.